The molecule has 2 rings (SSSR count). The summed E-state index contributed by atoms with van der Waals surface area (Å²) in [5.74, 6) is 0. The molecular weight excluding hydrogens is 336 g/mol. The SMILES string of the molecule is Cc1ccc(C)c(NC(=S)NCc2c(Br)cnn2C)c1. The van der Waals surface area contributed by atoms with E-state index in [9.17, 15) is 0 Å². The molecule has 0 saturated carbocycles. The fourth-order valence-corrected chi connectivity index (χ4v) is 2.51. The van der Waals surface area contributed by atoms with Gasteiger partial charge in [0.1, 0.15) is 0 Å². The van der Waals surface area contributed by atoms with Crippen molar-refractivity contribution in [1.29, 1.82) is 0 Å². The minimum atomic E-state index is 0.604. The number of aryl methyl sites for hydroxylation is 3. The molecule has 1 aromatic heterocycles. The lowest BCUT2D eigenvalue weighted by atomic mass is 10.1. The van der Waals surface area contributed by atoms with Gasteiger partial charge < -0.3 is 10.6 Å². The van der Waals surface area contributed by atoms with Crippen LogP contribution in [0.4, 0.5) is 5.69 Å². The fraction of sp³-hybridized carbons (Fsp3) is 0.286. The summed E-state index contributed by atoms with van der Waals surface area (Å²) in [6, 6.07) is 6.25. The van der Waals surface area contributed by atoms with Gasteiger partial charge in [-0.05, 0) is 59.2 Å². The molecule has 1 heterocycles. The molecule has 0 saturated heterocycles. The van der Waals surface area contributed by atoms with E-state index in [2.05, 4.69) is 63.7 Å². The molecule has 106 valence electrons. The molecule has 0 atom stereocenters. The van der Waals surface area contributed by atoms with Gasteiger partial charge in [-0.25, -0.2) is 0 Å². The van der Waals surface area contributed by atoms with Crippen molar-refractivity contribution in [2.24, 2.45) is 7.05 Å². The van der Waals surface area contributed by atoms with Crippen molar-refractivity contribution in [1.82, 2.24) is 15.1 Å². The molecule has 1 aromatic carbocycles. The van der Waals surface area contributed by atoms with Crippen LogP contribution in [0.5, 0.6) is 0 Å². The smallest absolute Gasteiger partial charge is 0.171 e. The average molecular weight is 353 g/mol. The highest BCUT2D eigenvalue weighted by molar-refractivity contribution is 9.10. The molecule has 0 spiro atoms. The number of rotatable bonds is 3. The Morgan fingerprint density at radius 1 is 1.40 bits per heavy atom. The summed E-state index contributed by atoms with van der Waals surface area (Å²) < 4.78 is 2.79. The van der Waals surface area contributed by atoms with Crippen LogP contribution in [0.1, 0.15) is 16.8 Å². The van der Waals surface area contributed by atoms with Gasteiger partial charge in [0.2, 0.25) is 0 Å². The number of hydrogen-bond donors (Lipinski definition) is 2. The quantitative estimate of drug-likeness (QED) is 0.831. The summed E-state index contributed by atoms with van der Waals surface area (Å²) in [5, 5.41) is 11.2. The largest absolute Gasteiger partial charge is 0.357 e. The van der Waals surface area contributed by atoms with Crippen LogP contribution < -0.4 is 10.6 Å². The van der Waals surface area contributed by atoms with Gasteiger partial charge in [-0.15, -0.1) is 0 Å². The molecule has 0 aliphatic carbocycles. The highest BCUT2D eigenvalue weighted by Gasteiger charge is 2.07. The third-order valence-electron chi connectivity index (χ3n) is 3.07. The zero-order chi connectivity index (χ0) is 14.7. The van der Waals surface area contributed by atoms with Crippen molar-refractivity contribution in [3.63, 3.8) is 0 Å². The Labute approximate surface area is 132 Å². The first-order valence-corrected chi connectivity index (χ1v) is 7.46. The van der Waals surface area contributed by atoms with Gasteiger partial charge in [-0.2, -0.15) is 5.10 Å². The summed E-state index contributed by atoms with van der Waals surface area (Å²) in [5.41, 5.74) is 4.46. The lowest BCUT2D eigenvalue weighted by Crippen LogP contribution is -2.29. The molecule has 20 heavy (non-hydrogen) atoms. The van der Waals surface area contributed by atoms with Crippen molar-refractivity contribution in [2.45, 2.75) is 20.4 Å². The second kappa shape index (κ2) is 6.37. The zero-order valence-electron chi connectivity index (χ0n) is 11.7. The van der Waals surface area contributed by atoms with Gasteiger partial charge in [0.05, 0.1) is 22.9 Å². The highest BCUT2D eigenvalue weighted by Crippen LogP contribution is 2.17. The Balaban J connectivity index is 1.98. The molecule has 6 heteroatoms. The zero-order valence-corrected chi connectivity index (χ0v) is 14.1. The Bertz CT molecular complexity index is 617. The number of thiocarbonyl (C=S) groups is 1. The third kappa shape index (κ3) is 3.58. The van der Waals surface area contributed by atoms with E-state index in [0.717, 1.165) is 15.9 Å². The van der Waals surface area contributed by atoms with Crippen LogP contribution in [0.3, 0.4) is 0 Å². The van der Waals surface area contributed by atoms with Crippen molar-refractivity contribution in [3.8, 4) is 0 Å². The molecule has 0 aliphatic heterocycles. The van der Waals surface area contributed by atoms with Gasteiger partial charge in [-0.3, -0.25) is 4.68 Å². The van der Waals surface area contributed by atoms with Crippen LogP contribution in [-0.4, -0.2) is 14.9 Å². The number of anilines is 1. The van der Waals surface area contributed by atoms with E-state index in [1.165, 1.54) is 11.1 Å². The Morgan fingerprint density at radius 2 is 2.15 bits per heavy atom. The molecule has 0 unspecified atom stereocenters. The molecule has 0 amide bonds. The van der Waals surface area contributed by atoms with Crippen molar-refractivity contribution in [3.05, 3.63) is 45.7 Å². The number of hydrogen-bond acceptors (Lipinski definition) is 2. The first-order chi connectivity index (χ1) is 9.47. The Kier molecular flexibility index (Phi) is 4.77. The number of nitrogens with one attached hydrogen (secondary N) is 2. The minimum absolute atomic E-state index is 0.604. The van der Waals surface area contributed by atoms with Crippen LogP contribution in [-0.2, 0) is 13.6 Å². The van der Waals surface area contributed by atoms with Gasteiger partial charge in [-0.1, -0.05) is 12.1 Å². The maximum absolute atomic E-state index is 5.33. The van der Waals surface area contributed by atoms with Crippen LogP contribution in [0.25, 0.3) is 0 Å². The van der Waals surface area contributed by atoms with Crippen LogP contribution in [0.2, 0.25) is 0 Å². The average Bonchev–Trinajstić information content (AvgIpc) is 2.71. The van der Waals surface area contributed by atoms with E-state index in [0.29, 0.717) is 11.7 Å². The highest BCUT2D eigenvalue weighted by atomic mass is 79.9. The molecule has 0 bridgehead atoms. The minimum Gasteiger partial charge on any atom is -0.357 e. The maximum Gasteiger partial charge on any atom is 0.171 e. The predicted octanol–water partition coefficient (Wildman–Crippen LogP) is 3.29. The topological polar surface area (TPSA) is 41.9 Å². The molecule has 2 aromatic rings. The summed E-state index contributed by atoms with van der Waals surface area (Å²) in [6.45, 7) is 4.74. The standard InChI is InChI=1S/C14H17BrN4S/c1-9-4-5-10(2)12(6-9)18-14(20)16-8-13-11(15)7-17-19(13)3/h4-7H,8H2,1-3H3,(H2,16,18,20). The van der Waals surface area contributed by atoms with E-state index in [1.807, 2.05) is 11.7 Å². The number of aromatic nitrogens is 2. The number of nitrogens with zero attached hydrogens (tertiary/aromatic N) is 2. The monoisotopic (exact) mass is 352 g/mol. The van der Waals surface area contributed by atoms with E-state index in [-0.39, 0.29) is 0 Å². The lowest BCUT2D eigenvalue weighted by molar-refractivity contribution is 0.693. The van der Waals surface area contributed by atoms with Gasteiger partial charge >= 0.3 is 0 Å². The normalized spacial score (nSPS) is 10.4. The first-order valence-electron chi connectivity index (χ1n) is 6.26. The van der Waals surface area contributed by atoms with E-state index in [4.69, 9.17) is 12.2 Å². The van der Waals surface area contributed by atoms with E-state index < -0.39 is 0 Å². The summed E-state index contributed by atoms with van der Waals surface area (Å²) >= 11 is 8.80. The van der Waals surface area contributed by atoms with Crippen LogP contribution in [0, 0.1) is 13.8 Å². The summed E-state index contributed by atoms with van der Waals surface area (Å²) in [4.78, 5) is 0. The Hall–Kier alpha value is -1.40. The van der Waals surface area contributed by atoms with Crippen molar-refractivity contribution >= 4 is 38.9 Å². The predicted molar refractivity (Wildman–Crippen MR) is 89.9 cm³/mol. The van der Waals surface area contributed by atoms with Crippen molar-refractivity contribution < 1.29 is 0 Å². The van der Waals surface area contributed by atoms with Gasteiger partial charge in [0.15, 0.2) is 5.11 Å². The van der Waals surface area contributed by atoms with Crippen LogP contribution in [0.15, 0.2) is 28.9 Å². The summed E-state index contributed by atoms with van der Waals surface area (Å²) in [6.07, 6.45) is 1.78. The number of halogens is 1. The molecule has 4 nitrogen and oxygen atoms in total. The molecule has 2 N–H and O–H groups in total. The molecule has 0 radical (unpaired) electrons. The van der Waals surface area contributed by atoms with E-state index >= 15 is 0 Å². The molecule has 0 fully saturated rings. The fourth-order valence-electron chi connectivity index (χ4n) is 1.84. The molecular formula is C14H17BrN4S. The summed E-state index contributed by atoms with van der Waals surface area (Å²) in [7, 11) is 1.91. The lowest BCUT2D eigenvalue weighted by Gasteiger charge is -2.13. The second-order valence-electron chi connectivity index (χ2n) is 4.69. The van der Waals surface area contributed by atoms with Crippen LogP contribution >= 0.6 is 28.1 Å². The van der Waals surface area contributed by atoms with Gasteiger partial charge in [0.25, 0.3) is 0 Å². The third-order valence-corrected chi connectivity index (χ3v) is 3.98. The number of benzene rings is 1. The molecule has 0 aliphatic rings. The van der Waals surface area contributed by atoms with Gasteiger partial charge in [0, 0.05) is 12.7 Å². The van der Waals surface area contributed by atoms with Crippen molar-refractivity contribution in [2.75, 3.05) is 5.32 Å². The first kappa shape index (κ1) is 15.0. The Morgan fingerprint density at radius 3 is 2.80 bits per heavy atom. The van der Waals surface area contributed by atoms with E-state index in [1.54, 1.807) is 6.20 Å². The maximum atomic E-state index is 5.33. The second-order valence-corrected chi connectivity index (χ2v) is 5.95.